The fraction of sp³-hybridized carbons (Fsp3) is 0.640. The lowest BCUT2D eigenvalue weighted by Gasteiger charge is -2.28. The second kappa shape index (κ2) is 11.4. The molecule has 0 amide bonds. The number of carbonyl (C=O) groups excluding carboxylic acids is 1. The first-order valence-corrected chi connectivity index (χ1v) is 10.9. The molecule has 0 saturated heterocycles. The van der Waals surface area contributed by atoms with Crippen LogP contribution in [0.3, 0.4) is 0 Å². The average molecular weight is 384 g/mol. The minimum atomic E-state index is -0.967. The fourth-order valence-electron chi connectivity index (χ4n) is 4.21. The Kier molecular flexibility index (Phi) is 9.22. The molecule has 1 aliphatic rings. The van der Waals surface area contributed by atoms with Crippen molar-refractivity contribution in [1.82, 2.24) is 4.90 Å². The number of hydrogen-bond donors (Lipinski definition) is 1. The van der Waals surface area contributed by atoms with Crippen molar-refractivity contribution in [2.75, 3.05) is 6.54 Å². The molecule has 1 N–H and O–H groups in total. The van der Waals surface area contributed by atoms with Crippen molar-refractivity contribution in [2.45, 2.75) is 96.7 Å². The largest absolute Gasteiger partial charge is 0.385 e. The van der Waals surface area contributed by atoms with Gasteiger partial charge in [-0.3, -0.25) is 9.69 Å². The quantitative estimate of drug-likeness (QED) is 0.497. The molecule has 0 aliphatic heterocycles. The van der Waals surface area contributed by atoms with Crippen molar-refractivity contribution in [3.63, 3.8) is 0 Å². The highest BCUT2D eigenvalue weighted by molar-refractivity contribution is 6.00. The van der Waals surface area contributed by atoms with Gasteiger partial charge in [-0.05, 0) is 58.4 Å². The minimum absolute atomic E-state index is 0.144. The summed E-state index contributed by atoms with van der Waals surface area (Å²) in [5, 5.41) is 10.5. The van der Waals surface area contributed by atoms with Gasteiger partial charge in [0.25, 0.3) is 0 Å². The number of Topliss-reactive ketones (excluding diaryl/α,β-unsaturated/α-hetero) is 1. The maximum absolute atomic E-state index is 12.9. The van der Waals surface area contributed by atoms with Crippen molar-refractivity contribution in [1.29, 1.82) is 0 Å². The molecule has 2 rings (SSSR count). The molecule has 0 bridgehead atoms. The lowest BCUT2D eigenvalue weighted by molar-refractivity contribution is 0.0732. The Morgan fingerprint density at radius 2 is 1.71 bits per heavy atom. The zero-order valence-electron chi connectivity index (χ0n) is 18.1. The van der Waals surface area contributed by atoms with Crippen LogP contribution in [0.1, 0.15) is 94.5 Å². The van der Waals surface area contributed by atoms with Gasteiger partial charge in [-0.15, -0.1) is 5.92 Å². The van der Waals surface area contributed by atoms with Crippen LogP contribution in [0.5, 0.6) is 0 Å². The van der Waals surface area contributed by atoms with Crippen molar-refractivity contribution < 1.29 is 9.90 Å². The number of nitrogens with zero attached hydrogens (tertiary/aromatic N) is 1. The van der Waals surface area contributed by atoms with Crippen LogP contribution < -0.4 is 0 Å². The molecule has 0 heterocycles. The summed E-state index contributed by atoms with van der Waals surface area (Å²) >= 11 is 0. The summed E-state index contributed by atoms with van der Waals surface area (Å²) in [5.74, 6) is 6.65. The Balaban J connectivity index is 1.92. The van der Waals surface area contributed by atoms with Crippen LogP contribution in [0, 0.1) is 11.8 Å². The van der Waals surface area contributed by atoms with Gasteiger partial charge in [0.05, 0.1) is 6.54 Å². The average Bonchev–Trinajstić information content (AvgIpc) is 2.69. The van der Waals surface area contributed by atoms with E-state index in [1.807, 2.05) is 18.2 Å². The SMILES string of the molecule is CC(C)N(CC#CCCC(O)C(=O)c1ccccc1C1CCCCC1)C(C)C. The van der Waals surface area contributed by atoms with E-state index in [1.54, 1.807) is 0 Å². The lowest BCUT2D eigenvalue weighted by Crippen LogP contribution is -2.37. The first kappa shape index (κ1) is 22.7. The molecule has 1 unspecified atom stereocenters. The van der Waals surface area contributed by atoms with E-state index < -0.39 is 6.10 Å². The van der Waals surface area contributed by atoms with Gasteiger partial charge in [0.2, 0.25) is 0 Å². The summed E-state index contributed by atoms with van der Waals surface area (Å²) in [6.07, 6.45) is 6.02. The van der Waals surface area contributed by atoms with E-state index in [1.165, 1.54) is 19.3 Å². The summed E-state index contributed by atoms with van der Waals surface area (Å²) in [6.45, 7) is 9.42. The van der Waals surface area contributed by atoms with Gasteiger partial charge in [0, 0.05) is 24.1 Å². The van der Waals surface area contributed by atoms with Crippen molar-refractivity contribution in [2.24, 2.45) is 0 Å². The van der Waals surface area contributed by atoms with Gasteiger partial charge in [0.15, 0.2) is 5.78 Å². The summed E-state index contributed by atoms with van der Waals surface area (Å²) in [4.78, 5) is 15.2. The second-order valence-corrected chi connectivity index (χ2v) is 8.55. The van der Waals surface area contributed by atoms with Crippen molar-refractivity contribution in [3.8, 4) is 11.8 Å². The molecule has 1 aliphatic carbocycles. The van der Waals surface area contributed by atoms with Gasteiger partial charge in [-0.2, -0.15) is 0 Å². The van der Waals surface area contributed by atoms with Crippen LogP contribution >= 0.6 is 0 Å². The summed E-state index contributed by atoms with van der Waals surface area (Å²) in [5.41, 5.74) is 1.84. The van der Waals surface area contributed by atoms with Crippen LogP contribution in [0.4, 0.5) is 0 Å². The normalized spacial score (nSPS) is 16.3. The molecule has 3 heteroatoms. The monoisotopic (exact) mass is 383 g/mol. The maximum atomic E-state index is 12.9. The number of aliphatic hydroxyl groups is 1. The molecule has 28 heavy (non-hydrogen) atoms. The first-order valence-electron chi connectivity index (χ1n) is 10.9. The predicted octanol–water partition coefficient (Wildman–Crippen LogP) is 5.18. The van der Waals surface area contributed by atoms with E-state index in [2.05, 4.69) is 50.5 Å². The van der Waals surface area contributed by atoms with Gasteiger partial charge in [-0.1, -0.05) is 49.4 Å². The molecule has 154 valence electrons. The summed E-state index contributed by atoms with van der Waals surface area (Å²) in [6, 6.07) is 8.77. The Morgan fingerprint density at radius 1 is 1.07 bits per heavy atom. The Labute approximate surface area is 171 Å². The zero-order valence-corrected chi connectivity index (χ0v) is 18.1. The minimum Gasteiger partial charge on any atom is -0.385 e. The number of hydrogen-bond acceptors (Lipinski definition) is 3. The van der Waals surface area contributed by atoms with E-state index in [0.29, 0.717) is 36.4 Å². The van der Waals surface area contributed by atoms with Gasteiger partial charge in [0.1, 0.15) is 6.10 Å². The van der Waals surface area contributed by atoms with E-state index in [0.717, 1.165) is 24.9 Å². The van der Waals surface area contributed by atoms with E-state index >= 15 is 0 Å². The maximum Gasteiger partial charge on any atom is 0.191 e. The fourth-order valence-corrected chi connectivity index (χ4v) is 4.21. The van der Waals surface area contributed by atoms with Crippen LogP contribution in [0.25, 0.3) is 0 Å². The molecule has 3 nitrogen and oxygen atoms in total. The smallest absolute Gasteiger partial charge is 0.191 e. The molecular formula is C25H37NO2. The van der Waals surface area contributed by atoms with Crippen LogP contribution in [-0.2, 0) is 0 Å². The highest BCUT2D eigenvalue weighted by atomic mass is 16.3. The van der Waals surface area contributed by atoms with Gasteiger partial charge >= 0.3 is 0 Å². The number of carbonyl (C=O) groups is 1. The molecule has 0 radical (unpaired) electrons. The van der Waals surface area contributed by atoms with Crippen LogP contribution in [0.2, 0.25) is 0 Å². The Morgan fingerprint density at radius 3 is 2.36 bits per heavy atom. The molecule has 0 spiro atoms. The van der Waals surface area contributed by atoms with Crippen molar-refractivity contribution in [3.05, 3.63) is 35.4 Å². The van der Waals surface area contributed by atoms with E-state index in [9.17, 15) is 9.90 Å². The van der Waals surface area contributed by atoms with Gasteiger partial charge in [-0.25, -0.2) is 0 Å². The summed E-state index contributed by atoms with van der Waals surface area (Å²) < 4.78 is 0. The summed E-state index contributed by atoms with van der Waals surface area (Å²) in [7, 11) is 0. The van der Waals surface area contributed by atoms with Crippen LogP contribution in [0.15, 0.2) is 24.3 Å². The molecule has 1 atom stereocenters. The third kappa shape index (κ3) is 6.47. The predicted molar refractivity (Wildman–Crippen MR) is 117 cm³/mol. The van der Waals surface area contributed by atoms with E-state index in [-0.39, 0.29) is 5.78 Å². The lowest BCUT2D eigenvalue weighted by atomic mass is 9.81. The highest BCUT2D eigenvalue weighted by Gasteiger charge is 2.24. The molecule has 1 aromatic rings. The number of aliphatic hydroxyl groups excluding tert-OH is 1. The van der Waals surface area contributed by atoms with Crippen LogP contribution in [-0.4, -0.2) is 40.5 Å². The molecular weight excluding hydrogens is 346 g/mol. The second-order valence-electron chi connectivity index (χ2n) is 8.55. The Bertz CT molecular complexity index is 669. The molecule has 0 aromatic heterocycles. The molecule has 1 saturated carbocycles. The molecule has 1 fully saturated rings. The molecule has 1 aromatic carbocycles. The Hall–Kier alpha value is -1.63. The highest BCUT2D eigenvalue weighted by Crippen LogP contribution is 2.34. The van der Waals surface area contributed by atoms with Crippen molar-refractivity contribution >= 4 is 5.78 Å². The topological polar surface area (TPSA) is 40.5 Å². The number of benzene rings is 1. The standard InChI is InChI=1S/C25H37NO2/c1-19(2)26(20(3)4)18-12-6-9-17-24(27)25(28)23-16-11-10-15-22(23)21-13-7-5-8-14-21/h10-11,15-16,19-21,24,27H,5,7-9,13-14,17-18H2,1-4H3. The first-order chi connectivity index (χ1) is 13.4. The zero-order chi connectivity index (χ0) is 20.5. The third-order valence-corrected chi connectivity index (χ3v) is 5.83. The van der Waals surface area contributed by atoms with Gasteiger partial charge < -0.3 is 5.11 Å². The third-order valence-electron chi connectivity index (χ3n) is 5.83. The number of rotatable bonds is 8. The number of ketones is 1. The van der Waals surface area contributed by atoms with E-state index in [4.69, 9.17) is 0 Å².